The van der Waals surface area contributed by atoms with Gasteiger partial charge in [-0.2, -0.15) is 0 Å². The summed E-state index contributed by atoms with van der Waals surface area (Å²) in [7, 11) is 0. The Morgan fingerprint density at radius 2 is 1.88 bits per heavy atom. The minimum Gasteiger partial charge on any atom is -0.354 e. The van der Waals surface area contributed by atoms with Gasteiger partial charge < -0.3 is 10.6 Å². The summed E-state index contributed by atoms with van der Waals surface area (Å²) in [5.41, 5.74) is 1.21. The molecule has 24 heavy (non-hydrogen) atoms. The van der Waals surface area contributed by atoms with Crippen molar-refractivity contribution in [1.29, 1.82) is 0 Å². The molecule has 2 aromatic rings. The standard InChI is InChI=1S/C18H21BrN2O2S/c1-3-13(14-7-5-4-6-8-14)11-20-17(22)12(2)21-18(23)15-9-10-16(19)24-15/h4-10,12-13H,3,11H2,1-2H3,(H,20,22)(H,21,23). The van der Waals surface area contributed by atoms with Gasteiger partial charge in [0, 0.05) is 12.5 Å². The van der Waals surface area contributed by atoms with Crippen LogP contribution in [0.2, 0.25) is 0 Å². The van der Waals surface area contributed by atoms with Gasteiger partial charge in [0.05, 0.1) is 8.66 Å². The van der Waals surface area contributed by atoms with Crippen LogP contribution in [0.4, 0.5) is 0 Å². The van der Waals surface area contributed by atoms with Crippen molar-refractivity contribution in [1.82, 2.24) is 10.6 Å². The van der Waals surface area contributed by atoms with Crippen LogP contribution < -0.4 is 10.6 Å². The highest BCUT2D eigenvalue weighted by Crippen LogP contribution is 2.22. The molecule has 128 valence electrons. The number of thiophene rings is 1. The normalized spacial score (nSPS) is 13.1. The van der Waals surface area contributed by atoms with Crippen LogP contribution in [-0.4, -0.2) is 24.4 Å². The Morgan fingerprint density at radius 3 is 2.46 bits per heavy atom. The number of carbonyl (C=O) groups excluding carboxylic acids is 2. The van der Waals surface area contributed by atoms with E-state index in [9.17, 15) is 9.59 Å². The molecule has 0 fully saturated rings. The lowest BCUT2D eigenvalue weighted by Gasteiger charge is -2.19. The van der Waals surface area contributed by atoms with E-state index in [0.717, 1.165) is 10.2 Å². The van der Waals surface area contributed by atoms with Crippen molar-refractivity contribution < 1.29 is 9.59 Å². The summed E-state index contributed by atoms with van der Waals surface area (Å²) in [4.78, 5) is 24.9. The molecule has 2 N–H and O–H groups in total. The number of halogens is 1. The molecule has 0 spiro atoms. The van der Waals surface area contributed by atoms with Crippen LogP contribution in [-0.2, 0) is 4.79 Å². The number of nitrogens with one attached hydrogen (secondary N) is 2. The van der Waals surface area contributed by atoms with E-state index >= 15 is 0 Å². The van der Waals surface area contributed by atoms with Gasteiger partial charge >= 0.3 is 0 Å². The van der Waals surface area contributed by atoms with Gasteiger partial charge in [-0.3, -0.25) is 9.59 Å². The Morgan fingerprint density at radius 1 is 1.17 bits per heavy atom. The highest BCUT2D eigenvalue weighted by Gasteiger charge is 2.19. The molecule has 0 bridgehead atoms. The van der Waals surface area contributed by atoms with E-state index < -0.39 is 6.04 Å². The minimum atomic E-state index is -0.577. The summed E-state index contributed by atoms with van der Waals surface area (Å²) < 4.78 is 0.887. The average molecular weight is 409 g/mol. The molecule has 4 nitrogen and oxygen atoms in total. The first-order valence-corrected chi connectivity index (χ1v) is 9.51. The summed E-state index contributed by atoms with van der Waals surface area (Å²) in [6.07, 6.45) is 0.939. The van der Waals surface area contributed by atoms with Gasteiger partial charge in [0.15, 0.2) is 0 Å². The average Bonchev–Trinajstić information content (AvgIpc) is 3.02. The van der Waals surface area contributed by atoms with Gasteiger partial charge in [0.25, 0.3) is 5.91 Å². The fourth-order valence-electron chi connectivity index (χ4n) is 2.37. The third kappa shape index (κ3) is 5.18. The molecule has 6 heteroatoms. The van der Waals surface area contributed by atoms with E-state index in [0.29, 0.717) is 11.4 Å². The number of amides is 2. The maximum Gasteiger partial charge on any atom is 0.262 e. The van der Waals surface area contributed by atoms with E-state index in [1.807, 2.05) is 24.3 Å². The highest BCUT2D eigenvalue weighted by molar-refractivity contribution is 9.11. The summed E-state index contributed by atoms with van der Waals surface area (Å²) >= 11 is 4.67. The van der Waals surface area contributed by atoms with Crippen molar-refractivity contribution in [2.24, 2.45) is 0 Å². The number of benzene rings is 1. The Labute approximate surface area is 154 Å². The Balaban J connectivity index is 1.86. The molecule has 2 atom stereocenters. The third-order valence-corrected chi connectivity index (χ3v) is 5.45. The van der Waals surface area contributed by atoms with Gasteiger partial charge in [-0.05, 0) is 47.0 Å². The molecule has 0 saturated heterocycles. The van der Waals surface area contributed by atoms with Crippen LogP contribution in [0.25, 0.3) is 0 Å². The lowest BCUT2D eigenvalue weighted by Crippen LogP contribution is -2.45. The van der Waals surface area contributed by atoms with Crippen molar-refractivity contribution in [2.45, 2.75) is 32.2 Å². The van der Waals surface area contributed by atoms with Gasteiger partial charge in [0.2, 0.25) is 5.91 Å². The monoisotopic (exact) mass is 408 g/mol. The topological polar surface area (TPSA) is 58.2 Å². The highest BCUT2D eigenvalue weighted by atomic mass is 79.9. The van der Waals surface area contributed by atoms with E-state index in [2.05, 4.69) is 45.6 Å². The van der Waals surface area contributed by atoms with Crippen LogP contribution in [0.5, 0.6) is 0 Å². The molecular formula is C18H21BrN2O2S. The van der Waals surface area contributed by atoms with Gasteiger partial charge in [0.1, 0.15) is 6.04 Å². The van der Waals surface area contributed by atoms with E-state index in [1.165, 1.54) is 16.9 Å². The zero-order valence-electron chi connectivity index (χ0n) is 13.7. The molecule has 1 heterocycles. The SMILES string of the molecule is CCC(CNC(=O)C(C)NC(=O)c1ccc(Br)s1)c1ccccc1. The van der Waals surface area contributed by atoms with Crippen molar-refractivity contribution in [2.75, 3.05) is 6.54 Å². The largest absolute Gasteiger partial charge is 0.354 e. The van der Waals surface area contributed by atoms with Gasteiger partial charge in [-0.15, -0.1) is 11.3 Å². The number of carbonyl (C=O) groups is 2. The maximum absolute atomic E-state index is 12.2. The van der Waals surface area contributed by atoms with Crippen LogP contribution in [0.1, 0.15) is 41.4 Å². The van der Waals surface area contributed by atoms with E-state index in [-0.39, 0.29) is 17.7 Å². The number of rotatable bonds is 7. The molecule has 1 aromatic carbocycles. The predicted octanol–water partition coefficient (Wildman–Crippen LogP) is 3.94. The van der Waals surface area contributed by atoms with Crippen LogP contribution >= 0.6 is 27.3 Å². The fraction of sp³-hybridized carbons (Fsp3) is 0.333. The minimum absolute atomic E-state index is 0.173. The summed E-state index contributed by atoms with van der Waals surface area (Å²) in [5.74, 6) is -0.136. The molecule has 0 radical (unpaired) electrons. The second-order valence-corrected chi connectivity index (χ2v) is 8.02. The summed E-state index contributed by atoms with van der Waals surface area (Å²) in [6, 6.07) is 13.1. The second kappa shape index (κ2) is 8.99. The molecule has 1 aromatic heterocycles. The van der Waals surface area contributed by atoms with E-state index in [4.69, 9.17) is 0 Å². The summed E-state index contributed by atoms with van der Waals surface area (Å²) in [5, 5.41) is 5.66. The molecule has 2 amide bonds. The first kappa shape index (κ1) is 18.7. The second-order valence-electron chi connectivity index (χ2n) is 5.56. The molecular weight excluding hydrogens is 388 g/mol. The summed E-state index contributed by atoms with van der Waals surface area (Å²) in [6.45, 7) is 4.35. The molecule has 0 aliphatic carbocycles. The van der Waals surface area contributed by atoms with Crippen molar-refractivity contribution >= 4 is 39.1 Å². The Hall–Kier alpha value is -1.66. The quantitative estimate of drug-likeness (QED) is 0.728. The lowest BCUT2D eigenvalue weighted by molar-refractivity contribution is -0.122. The first-order chi connectivity index (χ1) is 11.5. The predicted molar refractivity (Wildman–Crippen MR) is 101 cm³/mol. The van der Waals surface area contributed by atoms with Gasteiger partial charge in [-0.1, -0.05) is 37.3 Å². The van der Waals surface area contributed by atoms with Crippen molar-refractivity contribution in [3.8, 4) is 0 Å². The zero-order chi connectivity index (χ0) is 17.5. The first-order valence-electron chi connectivity index (χ1n) is 7.90. The molecule has 2 unspecified atom stereocenters. The van der Waals surface area contributed by atoms with Crippen LogP contribution in [0.15, 0.2) is 46.3 Å². The van der Waals surface area contributed by atoms with Crippen LogP contribution in [0.3, 0.4) is 0 Å². The van der Waals surface area contributed by atoms with Crippen molar-refractivity contribution in [3.63, 3.8) is 0 Å². The molecule has 0 aliphatic rings. The Bertz CT molecular complexity index is 687. The number of hydrogen-bond donors (Lipinski definition) is 2. The molecule has 2 rings (SSSR count). The van der Waals surface area contributed by atoms with Crippen LogP contribution in [0, 0.1) is 0 Å². The smallest absolute Gasteiger partial charge is 0.262 e. The Kier molecular flexibility index (Phi) is 6.99. The zero-order valence-corrected chi connectivity index (χ0v) is 16.1. The number of hydrogen-bond acceptors (Lipinski definition) is 3. The third-order valence-electron chi connectivity index (χ3n) is 3.82. The lowest BCUT2D eigenvalue weighted by atomic mass is 9.96. The van der Waals surface area contributed by atoms with Crippen molar-refractivity contribution in [3.05, 3.63) is 56.7 Å². The molecule has 0 saturated carbocycles. The molecule has 0 aliphatic heterocycles. The maximum atomic E-state index is 12.2. The van der Waals surface area contributed by atoms with Gasteiger partial charge in [-0.25, -0.2) is 0 Å². The fourth-order valence-corrected chi connectivity index (χ4v) is 3.66. The van der Waals surface area contributed by atoms with E-state index in [1.54, 1.807) is 13.0 Å².